The largest absolute Gasteiger partial charge is 0.301 e. The minimum Gasteiger partial charge on any atom is -0.301 e. The lowest BCUT2D eigenvalue weighted by molar-refractivity contribution is 0.107. The zero-order chi connectivity index (χ0) is 23.1. The quantitative estimate of drug-likeness (QED) is 0.454. The summed E-state index contributed by atoms with van der Waals surface area (Å²) in [5.41, 5.74) is 2.24. The van der Waals surface area contributed by atoms with Crippen LogP contribution in [0.2, 0.25) is 5.02 Å². The summed E-state index contributed by atoms with van der Waals surface area (Å²) in [6.45, 7) is 5.11. The Morgan fingerprint density at radius 1 is 1.00 bits per heavy atom. The molecule has 33 heavy (non-hydrogen) atoms. The van der Waals surface area contributed by atoms with E-state index < -0.39 is 10.0 Å². The Morgan fingerprint density at radius 2 is 1.73 bits per heavy atom. The van der Waals surface area contributed by atoms with Gasteiger partial charge in [0.25, 0.3) is 0 Å². The molecule has 1 atom stereocenters. The van der Waals surface area contributed by atoms with Gasteiger partial charge in [-0.1, -0.05) is 54.8 Å². The minimum absolute atomic E-state index is 0.109. The van der Waals surface area contributed by atoms with Crippen molar-refractivity contribution < 1.29 is 8.42 Å². The van der Waals surface area contributed by atoms with Gasteiger partial charge in [0.1, 0.15) is 0 Å². The summed E-state index contributed by atoms with van der Waals surface area (Å²) >= 11 is 6.28. The highest BCUT2D eigenvalue weighted by Gasteiger charge is 2.28. The van der Waals surface area contributed by atoms with E-state index in [0.717, 1.165) is 82.0 Å². The smallest absolute Gasteiger partial charge is 0.211 e. The number of halogens is 1. The van der Waals surface area contributed by atoms with Crippen molar-refractivity contribution in [3.63, 3.8) is 0 Å². The first-order valence-corrected chi connectivity index (χ1v) is 14.2. The Balaban J connectivity index is 1.21. The van der Waals surface area contributed by atoms with Gasteiger partial charge in [0, 0.05) is 43.4 Å². The number of nitrogens with zero attached hydrogens (tertiary/aromatic N) is 3. The van der Waals surface area contributed by atoms with Gasteiger partial charge < -0.3 is 4.90 Å². The number of aromatic nitrogens is 1. The summed E-state index contributed by atoms with van der Waals surface area (Å²) in [7, 11) is -3.07. The Bertz CT molecular complexity index is 977. The Labute approximate surface area is 203 Å². The van der Waals surface area contributed by atoms with Crippen molar-refractivity contribution in [2.45, 2.75) is 50.6 Å². The van der Waals surface area contributed by atoms with Gasteiger partial charge in [0.05, 0.1) is 17.5 Å². The predicted octanol–water partition coefficient (Wildman–Crippen LogP) is 4.08. The summed E-state index contributed by atoms with van der Waals surface area (Å²) in [5.74, 6) is 0.264. The van der Waals surface area contributed by atoms with Crippen LogP contribution in [-0.2, 0) is 10.0 Å². The molecule has 1 aliphatic heterocycles. The molecule has 6 nitrogen and oxygen atoms in total. The topological polar surface area (TPSA) is 65.5 Å². The van der Waals surface area contributed by atoms with E-state index in [1.54, 1.807) is 6.20 Å². The van der Waals surface area contributed by atoms with Crippen LogP contribution in [0, 0.1) is 0 Å². The second kappa shape index (κ2) is 11.8. The third-order valence-corrected chi connectivity index (χ3v) is 8.23. The third-order valence-electron chi connectivity index (χ3n) is 6.47. The molecule has 4 rings (SSSR count). The summed E-state index contributed by atoms with van der Waals surface area (Å²) in [6.07, 6.45) is 7.70. The van der Waals surface area contributed by atoms with Crippen molar-refractivity contribution in [1.29, 1.82) is 0 Å². The lowest BCUT2D eigenvalue weighted by Gasteiger charge is -2.39. The van der Waals surface area contributed by atoms with E-state index in [-0.39, 0.29) is 17.8 Å². The highest BCUT2D eigenvalue weighted by Crippen LogP contribution is 2.29. The molecule has 2 aromatic rings. The standard InChI is InChI=1S/C25H35ClN4O2S/c26-22-12-13-27-24(20-22)25(21-8-4-3-5-9-21)30-17-15-29(16-18-30)14-6-1-2-7-19-33(31,32)28-23-10-11-23/h3-5,8-9,12-13,20,23,25,28H,1-2,6-7,10-11,14-19H2. The molecule has 1 N–H and O–H groups in total. The van der Waals surface area contributed by atoms with Crippen LogP contribution >= 0.6 is 11.6 Å². The van der Waals surface area contributed by atoms with Crippen LogP contribution in [0.3, 0.4) is 0 Å². The molecule has 1 saturated heterocycles. The second-order valence-electron chi connectivity index (χ2n) is 9.21. The maximum absolute atomic E-state index is 11.9. The average Bonchev–Trinajstić information content (AvgIpc) is 3.61. The molecular weight excluding hydrogens is 456 g/mol. The van der Waals surface area contributed by atoms with Crippen LogP contribution in [0.25, 0.3) is 0 Å². The molecule has 1 aliphatic carbocycles. The van der Waals surface area contributed by atoms with Gasteiger partial charge in [-0.05, 0) is 49.9 Å². The molecule has 1 saturated carbocycles. The van der Waals surface area contributed by atoms with E-state index in [1.807, 2.05) is 18.2 Å². The summed E-state index contributed by atoms with van der Waals surface area (Å²) in [6, 6.07) is 14.7. The summed E-state index contributed by atoms with van der Waals surface area (Å²) < 4.78 is 26.6. The Hall–Kier alpha value is -1.51. The summed E-state index contributed by atoms with van der Waals surface area (Å²) in [5, 5.41) is 0.718. The number of nitrogens with one attached hydrogen (secondary N) is 1. The molecule has 8 heteroatoms. The van der Waals surface area contributed by atoms with Crippen molar-refractivity contribution in [3.8, 4) is 0 Å². The number of hydrogen-bond acceptors (Lipinski definition) is 5. The Kier molecular flexibility index (Phi) is 8.77. The molecule has 0 bridgehead atoms. The fourth-order valence-corrected chi connectivity index (χ4v) is 6.13. The SMILES string of the molecule is O=S(=O)(CCCCCCN1CCN(C(c2ccccc2)c2cc(Cl)ccn2)CC1)NC1CC1. The van der Waals surface area contributed by atoms with Crippen molar-refractivity contribution in [2.75, 3.05) is 38.5 Å². The van der Waals surface area contributed by atoms with E-state index >= 15 is 0 Å². The van der Waals surface area contributed by atoms with Crippen molar-refractivity contribution in [1.82, 2.24) is 19.5 Å². The molecular formula is C25H35ClN4O2S. The number of benzene rings is 1. The molecule has 0 amide bonds. The minimum atomic E-state index is -3.07. The number of piperazine rings is 1. The van der Waals surface area contributed by atoms with Crippen LogP contribution in [0.15, 0.2) is 48.7 Å². The van der Waals surface area contributed by atoms with Gasteiger partial charge in [-0.3, -0.25) is 9.88 Å². The third kappa shape index (κ3) is 7.76. The van der Waals surface area contributed by atoms with E-state index in [2.05, 4.69) is 43.8 Å². The number of unbranched alkanes of at least 4 members (excludes halogenated alkanes) is 3. The first kappa shape index (κ1) is 24.6. The van der Waals surface area contributed by atoms with E-state index in [9.17, 15) is 8.42 Å². The first-order chi connectivity index (χ1) is 16.0. The monoisotopic (exact) mass is 490 g/mol. The van der Waals surface area contributed by atoms with Crippen LogP contribution in [-0.4, -0.2) is 67.7 Å². The predicted molar refractivity (Wildman–Crippen MR) is 134 cm³/mol. The van der Waals surface area contributed by atoms with Crippen LogP contribution in [0.1, 0.15) is 55.8 Å². The van der Waals surface area contributed by atoms with Crippen molar-refractivity contribution >= 4 is 21.6 Å². The fraction of sp³-hybridized carbons (Fsp3) is 0.560. The zero-order valence-corrected chi connectivity index (χ0v) is 20.8. The van der Waals surface area contributed by atoms with E-state index in [4.69, 9.17) is 11.6 Å². The van der Waals surface area contributed by atoms with Crippen LogP contribution in [0.4, 0.5) is 0 Å². The van der Waals surface area contributed by atoms with Gasteiger partial charge in [-0.15, -0.1) is 0 Å². The van der Waals surface area contributed by atoms with Gasteiger partial charge in [0.2, 0.25) is 10.0 Å². The molecule has 2 aliphatic rings. The van der Waals surface area contributed by atoms with Gasteiger partial charge in [-0.25, -0.2) is 13.1 Å². The number of hydrogen-bond donors (Lipinski definition) is 1. The maximum Gasteiger partial charge on any atom is 0.211 e. The molecule has 2 heterocycles. The molecule has 180 valence electrons. The van der Waals surface area contributed by atoms with Gasteiger partial charge >= 0.3 is 0 Å². The lowest BCUT2D eigenvalue weighted by atomic mass is 10.0. The average molecular weight is 491 g/mol. The second-order valence-corrected chi connectivity index (χ2v) is 11.5. The fourth-order valence-electron chi connectivity index (χ4n) is 4.51. The summed E-state index contributed by atoms with van der Waals surface area (Å²) in [4.78, 5) is 9.66. The normalized spacial score (nSPS) is 18.9. The van der Waals surface area contributed by atoms with Crippen LogP contribution in [0.5, 0.6) is 0 Å². The highest BCUT2D eigenvalue weighted by molar-refractivity contribution is 7.89. The van der Waals surface area contributed by atoms with Gasteiger partial charge in [-0.2, -0.15) is 0 Å². The molecule has 1 aromatic heterocycles. The highest BCUT2D eigenvalue weighted by atomic mass is 35.5. The molecule has 0 radical (unpaired) electrons. The lowest BCUT2D eigenvalue weighted by Crippen LogP contribution is -2.48. The van der Waals surface area contributed by atoms with Gasteiger partial charge in [0.15, 0.2) is 0 Å². The molecule has 0 spiro atoms. The zero-order valence-electron chi connectivity index (χ0n) is 19.2. The number of sulfonamides is 1. The first-order valence-electron chi connectivity index (χ1n) is 12.1. The molecule has 2 fully saturated rings. The van der Waals surface area contributed by atoms with Crippen LogP contribution < -0.4 is 4.72 Å². The number of pyridine rings is 1. The molecule has 1 aromatic carbocycles. The van der Waals surface area contributed by atoms with Crippen molar-refractivity contribution in [2.24, 2.45) is 0 Å². The number of rotatable bonds is 12. The Morgan fingerprint density at radius 3 is 2.42 bits per heavy atom. The van der Waals surface area contributed by atoms with Crippen molar-refractivity contribution in [3.05, 3.63) is 64.9 Å². The van der Waals surface area contributed by atoms with E-state index in [0.29, 0.717) is 0 Å². The maximum atomic E-state index is 11.9. The molecule has 1 unspecified atom stereocenters. The van der Waals surface area contributed by atoms with E-state index in [1.165, 1.54) is 5.56 Å².